The molecule has 1 aliphatic rings. The van der Waals surface area contributed by atoms with Crippen LogP contribution in [0.2, 0.25) is 0 Å². The minimum absolute atomic E-state index is 0.408. The highest BCUT2D eigenvalue weighted by atomic mass is 16.5. The summed E-state index contributed by atoms with van der Waals surface area (Å²) in [6.07, 6.45) is 6.28. The molecule has 0 amide bonds. The molecule has 0 aromatic rings. The average Bonchev–Trinajstić information content (AvgIpc) is 1.85. The summed E-state index contributed by atoms with van der Waals surface area (Å²) < 4.78 is 5.76. The van der Waals surface area contributed by atoms with Crippen LogP contribution in [0.1, 0.15) is 46.5 Å². The maximum absolute atomic E-state index is 5.76. The Kier molecular flexibility index (Phi) is 3.38. The molecule has 0 aromatic heterocycles. The molecule has 66 valence electrons. The Bertz CT molecular complexity index is 107. The highest BCUT2D eigenvalue weighted by Crippen LogP contribution is 2.26. The smallest absolute Gasteiger partial charge is 0.0581 e. The van der Waals surface area contributed by atoms with Crippen LogP contribution in [-0.2, 0) is 4.74 Å². The van der Waals surface area contributed by atoms with Crippen LogP contribution >= 0.6 is 0 Å². The molecule has 1 heteroatoms. The fraction of sp³-hybridized carbons (Fsp3) is 1.00. The van der Waals surface area contributed by atoms with Crippen molar-refractivity contribution in [1.82, 2.24) is 0 Å². The molecule has 1 saturated carbocycles. The van der Waals surface area contributed by atoms with E-state index < -0.39 is 0 Å². The first-order valence-electron chi connectivity index (χ1n) is 4.84. The number of ether oxygens (including phenoxy) is 1. The van der Waals surface area contributed by atoms with E-state index in [1.54, 1.807) is 0 Å². The van der Waals surface area contributed by atoms with Gasteiger partial charge in [-0.1, -0.05) is 19.8 Å². The molecule has 1 fully saturated rings. The molecule has 0 bridgehead atoms. The maximum atomic E-state index is 5.76. The SMILES string of the molecule is CC1CCCC(OC(C)C)C1. The van der Waals surface area contributed by atoms with Gasteiger partial charge in [0.1, 0.15) is 0 Å². The summed E-state index contributed by atoms with van der Waals surface area (Å²) in [4.78, 5) is 0. The van der Waals surface area contributed by atoms with Crippen LogP contribution in [0.4, 0.5) is 0 Å². The van der Waals surface area contributed by atoms with Crippen molar-refractivity contribution in [2.75, 3.05) is 0 Å². The molecule has 0 spiro atoms. The molecule has 1 nitrogen and oxygen atoms in total. The Hall–Kier alpha value is -0.0400. The molecule has 0 aliphatic heterocycles. The third kappa shape index (κ3) is 3.24. The zero-order valence-electron chi connectivity index (χ0n) is 7.97. The monoisotopic (exact) mass is 156 g/mol. The van der Waals surface area contributed by atoms with Crippen molar-refractivity contribution in [2.45, 2.75) is 58.7 Å². The largest absolute Gasteiger partial charge is 0.376 e. The molecule has 0 N–H and O–H groups in total. The van der Waals surface area contributed by atoms with Gasteiger partial charge in [-0.2, -0.15) is 0 Å². The van der Waals surface area contributed by atoms with E-state index in [1.165, 1.54) is 25.7 Å². The normalized spacial score (nSPS) is 32.7. The molecular weight excluding hydrogens is 136 g/mol. The quantitative estimate of drug-likeness (QED) is 0.597. The Morgan fingerprint density at radius 3 is 2.55 bits per heavy atom. The van der Waals surface area contributed by atoms with E-state index in [-0.39, 0.29) is 0 Å². The molecule has 1 aliphatic carbocycles. The van der Waals surface area contributed by atoms with Gasteiger partial charge in [-0.3, -0.25) is 0 Å². The number of rotatable bonds is 2. The summed E-state index contributed by atoms with van der Waals surface area (Å²) in [6.45, 7) is 6.58. The van der Waals surface area contributed by atoms with Crippen LogP contribution in [0.25, 0.3) is 0 Å². The molecule has 0 saturated heterocycles. The van der Waals surface area contributed by atoms with Gasteiger partial charge in [0.25, 0.3) is 0 Å². The Morgan fingerprint density at radius 1 is 1.27 bits per heavy atom. The van der Waals surface area contributed by atoms with Crippen LogP contribution < -0.4 is 0 Å². The minimum Gasteiger partial charge on any atom is -0.376 e. The third-order valence-corrected chi connectivity index (χ3v) is 2.35. The highest BCUT2D eigenvalue weighted by molar-refractivity contribution is 4.70. The van der Waals surface area contributed by atoms with E-state index in [4.69, 9.17) is 4.74 Å². The van der Waals surface area contributed by atoms with E-state index in [1.807, 2.05) is 0 Å². The lowest BCUT2D eigenvalue weighted by Crippen LogP contribution is -2.24. The topological polar surface area (TPSA) is 9.23 Å². The summed E-state index contributed by atoms with van der Waals surface area (Å²) >= 11 is 0. The fourth-order valence-electron chi connectivity index (χ4n) is 1.89. The van der Waals surface area contributed by atoms with Gasteiger partial charge in [-0.15, -0.1) is 0 Å². The summed E-state index contributed by atoms with van der Waals surface area (Å²) in [5.74, 6) is 0.882. The van der Waals surface area contributed by atoms with Crippen molar-refractivity contribution >= 4 is 0 Å². The van der Waals surface area contributed by atoms with E-state index in [2.05, 4.69) is 20.8 Å². The van der Waals surface area contributed by atoms with Crippen molar-refractivity contribution in [2.24, 2.45) is 5.92 Å². The van der Waals surface area contributed by atoms with Gasteiger partial charge in [0.15, 0.2) is 0 Å². The van der Waals surface area contributed by atoms with Gasteiger partial charge in [-0.25, -0.2) is 0 Å². The first kappa shape index (κ1) is 9.05. The molecule has 2 unspecified atom stereocenters. The number of hydrogen-bond acceptors (Lipinski definition) is 1. The van der Waals surface area contributed by atoms with Gasteiger partial charge in [0, 0.05) is 0 Å². The molecule has 2 atom stereocenters. The van der Waals surface area contributed by atoms with Gasteiger partial charge in [0.05, 0.1) is 12.2 Å². The van der Waals surface area contributed by atoms with Crippen LogP contribution in [0, 0.1) is 5.92 Å². The van der Waals surface area contributed by atoms with Gasteiger partial charge in [0.2, 0.25) is 0 Å². The predicted octanol–water partition coefficient (Wildman–Crippen LogP) is 2.99. The summed E-state index contributed by atoms with van der Waals surface area (Å²) in [7, 11) is 0. The molecule has 0 aromatic carbocycles. The Morgan fingerprint density at radius 2 is 2.00 bits per heavy atom. The lowest BCUT2D eigenvalue weighted by atomic mass is 9.88. The second-order valence-corrected chi connectivity index (χ2v) is 4.08. The predicted molar refractivity (Wildman–Crippen MR) is 47.6 cm³/mol. The summed E-state index contributed by atoms with van der Waals surface area (Å²) in [5, 5.41) is 0. The van der Waals surface area contributed by atoms with Crippen LogP contribution in [-0.4, -0.2) is 12.2 Å². The van der Waals surface area contributed by atoms with E-state index >= 15 is 0 Å². The standard InChI is InChI=1S/C10H20O/c1-8(2)11-10-6-4-5-9(3)7-10/h8-10H,4-7H2,1-3H3. The first-order chi connectivity index (χ1) is 5.18. The fourth-order valence-corrected chi connectivity index (χ4v) is 1.89. The van der Waals surface area contributed by atoms with Gasteiger partial charge < -0.3 is 4.74 Å². The van der Waals surface area contributed by atoms with Crippen molar-refractivity contribution < 1.29 is 4.74 Å². The summed E-state index contributed by atoms with van der Waals surface area (Å²) in [5.41, 5.74) is 0. The summed E-state index contributed by atoms with van der Waals surface area (Å²) in [6, 6.07) is 0. The zero-order chi connectivity index (χ0) is 8.27. The Labute approximate surface area is 70.1 Å². The van der Waals surface area contributed by atoms with Crippen molar-refractivity contribution in [3.8, 4) is 0 Å². The third-order valence-electron chi connectivity index (χ3n) is 2.35. The molecule has 1 rings (SSSR count). The lowest BCUT2D eigenvalue weighted by Gasteiger charge is -2.28. The highest BCUT2D eigenvalue weighted by Gasteiger charge is 2.19. The van der Waals surface area contributed by atoms with Crippen molar-refractivity contribution in [3.63, 3.8) is 0 Å². The average molecular weight is 156 g/mol. The number of hydrogen-bond donors (Lipinski definition) is 0. The molecule has 0 radical (unpaired) electrons. The minimum atomic E-state index is 0.408. The second kappa shape index (κ2) is 4.10. The van der Waals surface area contributed by atoms with E-state index in [0.717, 1.165) is 5.92 Å². The first-order valence-corrected chi connectivity index (χ1v) is 4.84. The molecule has 11 heavy (non-hydrogen) atoms. The van der Waals surface area contributed by atoms with Crippen molar-refractivity contribution in [1.29, 1.82) is 0 Å². The second-order valence-electron chi connectivity index (χ2n) is 4.08. The Balaban J connectivity index is 2.23. The molecular formula is C10H20O. The zero-order valence-corrected chi connectivity index (χ0v) is 7.97. The van der Waals surface area contributed by atoms with Gasteiger partial charge >= 0.3 is 0 Å². The van der Waals surface area contributed by atoms with E-state index in [9.17, 15) is 0 Å². The van der Waals surface area contributed by atoms with Crippen molar-refractivity contribution in [3.05, 3.63) is 0 Å². The lowest BCUT2D eigenvalue weighted by molar-refractivity contribution is -0.0218. The molecule has 0 heterocycles. The van der Waals surface area contributed by atoms with E-state index in [0.29, 0.717) is 12.2 Å². The van der Waals surface area contributed by atoms with Crippen LogP contribution in [0.5, 0.6) is 0 Å². The maximum Gasteiger partial charge on any atom is 0.0581 e. The van der Waals surface area contributed by atoms with Crippen LogP contribution in [0.15, 0.2) is 0 Å². The van der Waals surface area contributed by atoms with Gasteiger partial charge in [-0.05, 0) is 32.6 Å². The van der Waals surface area contributed by atoms with Crippen LogP contribution in [0.3, 0.4) is 0 Å².